The second-order valence-electron chi connectivity index (χ2n) is 4.09. The van der Waals surface area contributed by atoms with Crippen molar-refractivity contribution in [3.05, 3.63) is 46.2 Å². The summed E-state index contributed by atoms with van der Waals surface area (Å²) in [6.07, 6.45) is 0. The van der Waals surface area contributed by atoms with Gasteiger partial charge in [0.1, 0.15) is 5.84 Å². The number of nitrogens with zero attached hydrogens (tertiary/aromatic N) is 2. The Balaban J connectivity index is 2.30. The summed E-state index contributed by atoms with van der Waals surface area (Å²) in [6, 6.07) is 7.18. The molecule has 0 amide bonds. The lowest BCUT2D eigenvalue weighted by atomic mass is 10.2. The van der Waals surface area contributed by atoms with Gasteiger partial charge in [0.25, 0.3) is 0 Å². The molecule has 1 aromatic carbocycles. The number of halogens is 1. The normalized spacial score (nSPS) is 10.5. The van der Waals surface area contributed by atoms with E-state index in [-0.39, 0.29) is 5.84 Å². The smallest absolute Gasteiger partial charge is 0.192 e. The molecule has 0 aliphatic rings. The molecule has 6 heteroatoms. The standard InChI is InChI=1S/C13H13ClN4S/c1-7-5-8(2)18-13(17-7)19-11-4-3-9(12(15)16)6-10(11)14/h3-6H,1-2H3,(H3,15,16). The minimum atomic E-state index is 0.00102. The van der Waals surface area contributed by atoms with E-state index < -0.39 is 0 Å². The Morgan fingerprint density at radius 1 is 1.21 bits per heavy atom. The van der Waals surface area contributed by atoms with E-state index in [0.717, 1.165) is 16.3 Å². The third-order valence-electron chi connectivity index (χ3n) is 2.41. The number of nitrogens with two attached hydrogens (primary N) is 1. The van der Waals surface area contributed by atoms with Crippen molar-refractivity contribution >= 4 is 29.2 Å². The van der Waals surface area contributed by atoms with Gasteiger partial charge in [-0.05, 0) is 43.8 Å². The predicted molar refractivity (Wildman–Crippen MR) is 78.1 cm³/mol. The van der Waals surface area contributed by atoms with Crippen molar-refractivity contribution in [1.82, 2.24) is 9.97 Å². The van der Waals surface area contributed by atoms with Crippen molar-refractivity contribution in [3.63, 3.8) is 0 Å². The van der Waals surface area contributed by atoms with Crippen LogP contribution in [0.1, 0.15) is 17.0 Å². The lowest BCUT2D eigenvalue weighted by molar-refractivity contribution is 0.902. The number of benzene rings is 1. The number of nitrogens with one attached hydrogen (secondary N) is 1. The molecule has 0 spiro atoms. The number of amidine groups is 1. The van der Waals surface area contributed by atoms with E-state index in [0.29, 0.717) is 15.7 Å². The van der Waals surface area contributed by atoms with Gasteiger partial charge in [-0.25, -0.2) is 9.97 Å². The number of hydrogen-bond acceptors (Lipinski definition) is 4. The Labute approximate surface area is 120 Å². The van der Waals surface area contributed by atoms with Crippen molar-refractivity contribution in [2.24, 2.45) is 5.73 Å². The van der Waals surface area contributed by atoms with E-state index in [4.69, 9.17) is 22.7 Å². The molecule has 0 radical (unpaired) electrons. The maximum atomic E-state index is 7.37. The third-order valence-corrected chi connectivity index (χ3v) is 3.77. The summed E-state index contributed by atoms with van der Waals surface area (Å²) in [6.45, 7) is 3.86. The van der Waals surface area contributed by atoms with Gasteiger partial charge in [-0.1, -0.05) is 17.7 Å². The molecule has 0 aliphatic carbocycles. The van der Waals surface area contributed by atoms with Crippen molar-refractivity contribution in [2.45, 2.75) is 23.9 Å². The van der Waals surface area contributed by atoms with Gasteiger partial charge in [0.05, 0.1) is 5.02 Å². The zero-order valence-corrected chi connectivity index (χ0v) is 12.1. The largest absolute Gasteiger partial charge is 0.384 e. The Morgan fingerprint density at radius 3 is 2.37 bits per heavy atom. The van der Waals surface area contributed by atoms with Crippen LogP contribution in [0.3, 0.4) is 0 Å². The Hall–Kier alpha value is -1.59. The molecule has 2 rings (SSSR count). The average Bonchev–Trinajstić information content (AvgIpc) is 2.30. The average molecular weight is 293 g/mol. The fourth-order valence-electron chi connectivity index (χ4n) is 1.59. The highest BCUT2D eigenvalue weighted by atomic mass is 35.5. The molecule has 98 valence electrons. The summed E-state index contributed by atoms with van der Waals surface area (Å²) in [7, 11) is 0. The van der Waals surface area contributed by atoms with Gasteiger partial charge >= 0.3 is 0 Å². The maximum Gasteiger partial charge on any atom is 0.192 e. The monoisotopic (exact) mass is 292 g/mol. The van der Waals surface area contributed by atoms with Gasteiger partial charge in [0.2, 0.25) is 0 Å². The van der Waals surface area contributed by atoms with Gasteiger partial charge in [0, 0.05) is 21.8 Å². The van der Waals surface area contributed by atoms with Crippen molar-refractivity contribution < 1.29 is 0 Å². The van der Waals surface area contributed by atoms with E-state index in [9.17, 15) is 0 Å². The summed E-state index contributed by atoms with van der Waals surface area (Å²) < 4.78 is 0. The van der Waals surface area contributed by atoms with E-state index >= 15 is 0 Å². The van der Waals surface area contributed by atoms with Crippen LogP contribution >= 0.6 is 23.4 Å². The molecule has 2 aromatic rings. The fourth-order valence-corrected chi connectivity index (χ4v) is 2.75. The lowest BCUT2D eigenvalue weighted by Gasteiger charge is -2.06. The van der Waals surface area contributed by atoms with Crippen molar-refractivity contribution in [1.29, 1.82) is 5.41 Å². The number of nitrogen functional groups attached to an aromatic ring is 1. The lowest BCUT2D eigenvalue weighted by Crippen LogP contribution is -2.10. The maximum absolute atomic E-state index is 7.37. The van der Waals surface area contributed by atoms with Gasteiger partial charge < -0.3 is 5.73 Å². The number of hydrogen-bond donors (Lipinski definition) is 2. The highest BCUT2D eigenvalue weighted by Crippen LogP contribution is 2.32. The van der Waals surface area contributed by atoms with Crippen molar-refractivity contribution in [3.8, 4) is 0 Å². The third kappa shape index (κ3) is 3.45. The predicted octanol–water partition coefficient (Wildman–Crippen LogP) is 3.18. The van der Waals surface area contributed by atoms with Crippen LogP contribution in [0, 0.1) is 19.3 Å². The summed E-state index contributed by atoms with van der Waals surface area (Å²) in [4.78, 5) is 9.55. The number of aromatic nitrogens is 2. The molecule has 1 heterocycles. The molecule has 0 saturated carbocycles. The first-order valence-corrected chi connectivity index (χ1v) is 6.79. The van der Waals surface area contributed by atoms with Gasteiger partial charge in [-0.15, -0.1) is 0 Å². The topological polar surface area (TPSA) is 75.7 Å². The summed E-state index contributed by atoms with van der Waals surface area (Å²) in [5.74, 6) is 0.00102. The Kier molecular flexibility index (Phi) is 4.07. The molecule has 19 heavy (non-hydrogen) atoms. The summed E-state index contributed by atoms with van der Waals surface area (Å²) >= 11 is 7.57. The molecule has 0 saturated heterocycles. The fraction of sp³-hybridized carbons (Fsp3) is 0.154. The Morgan fingerprint density at radius 2 is 1.84 bits per heavy atom. The van der Waals surface area contributed by atoms with E-state index in [1.54, 1.807) is 12.1 Å². The summed E-state index contributed by atoms with van der Waals surface area (Å²) in [5.41, 5.74) is 7.87. The van der Waals surface area contributed by atoms with Crippen LogP contribution in [0.2, 0.25) is 5.02 Å². The van der Waals surface area contributed by atoms with Crippen LogP contribution in [0.15, 0.2) is 34.3 Å². The van der Waals surface area contributed by atoms with Gasteiger partial charge in [-0.2, -0.15) is 0 Å². The number of aryl methyl sites for hydroxylation is 2. The van der Waals surface area contributed by atoms with Crippen LogP contribution in [-0.4, -0.2) is 15.8 Å². The van der Waals surface area contributed by atoms with Crippen LogP contribution < -0.4 is 5.73 Å². The molecule has 0 unspecified atom stereocenters. The van der Waals surface area contributed by atoms with E-state index in [1.165, 1.54) is 11.8 Å². The van der Waals surface area contributed by atoms with Crippen LogP contribution in [0.25, 0.3) is 0 Å². The molecular weight excluding hydrogens is 280 g/mol. The zero-order valence-electron chi connectivity index (χ0n) is 10.6. The highest BCUT2D eigenvalue weighted by Gasteiger charge is 2.08. The quantitative estimate of drug-likeness (QED) is 0.517. The second kappa shape index (κ2) is 5.59. The minimum Gasteiger partial charge on any atom is -0.384 e. The molecule has 0 aliphatic heterocycles. The molecule has 4 nitrogen and oxygen atoms in total. The molecule has 0 atom stereocenters. The van der Waals surface area contributed by atoms with E-state index in [2.05, 4.69) is 9.97 Å². The molecule has 1 aromatic heterocycles. The van der Waals surface area contributed by atoms with Gasteiger partial charge in [-0.3, -0.25) is 5.41 Å². The molecular formula is C13H13ClN4S. The molecule has 3 N–H and O–H groups in total. The first-order valence-electron chi connectivity index (χ1n) is 5.60. The first-order chi connectivity index (χ1) is 8.95. The molecule has 0 bridgehead atoms. The Bertz CT molecular complexity index is 622. The molecule has 0 fully saturated rings. The summed E-state index contributed by atoms with van der Waals surface area (Å²) in [5, 5.41) is 8.57. The first kappa shape index (κ1) is 13.8. The van der Waals surface area contributed by atoms with Crippen molar-refractivity contribution in [2.75, 3.05) is 0 Å². The zero-order chi connectivity index (χ0) is 14.0. The highest BCUT2D eigenvalue weighted by molar-refractivity contribution is 7.99. The van der Waals surface area contributed by atoms with E-state index in [1.807, 2.05) is 26.0 Å². The van der Waals surface area contributed by atoms with Crippen LogP contribution in [0.5, 0.6) is 0 Å². The van der Waals surface area contributed by atoms with Crippen LogP contribution in [0.4, 0.5) is 0 Å². The second-order valence-corrected chi connectivity index (χ2v) is 5.51. The van der Waals surface area contributed by atoms with Gasteiger partial charge in [0.15, 0.2) is 5.16 Å². The SMILES string of the molecule is Cc1cc(C)nc(Sc2ccc(C(=N)N)cc2Cl)n1. The number of rotatable bonds is 3. The minimum absolute atomic E-state index is 0.00102. The van der Waals surface area contributed by atoms with Crippen LogP contribution in [-0.2, 0) is 0 Å².